The van der Waals surface area contributed by atoms with Gasteiger partial charge >= 0.3 is 0 Å². The van der Waals surface area contributed by atoms with Gasteiger partial charge in [-0.3, -0.25) is 0 Å². The molecular weight excluding hydrogens is 506 g/mol. The van der Waals surface area contributed by atoms with E-state index in [2.05, 4.69) is 65.5 Å². The maximum absolute atomic E-state index is 10.4. The van der Waals surface area contributed by atoms with Gasteiger partial charge in [-0.05, 0) is 54.5 Å². The highest BCUT2D eigenvalue weighted by Gasteiger charge is 2.43. The van der Waals surface area contributed by atoms with E-state index in [-0.39, 0.29) is 0 Å². The van der Waals surface area contributed by atoms with E-state index < -0.39 is 15.9 Å². The molecule has 5 heteroatoms. The summed E-state index contributed by atoms with van der Waals surface area (Å²) >= 11 is 3.84. The first-order chi connectivity index (χ1) is 16.5. The summed E-state index contributed by atoms with van der Waals surface area (Å²) in [6.45, 7) is 4.34. The standard InChI is InChI=1S/C29H36BrNO2S/c1-5-11-24(30)14-9-10-19-34(25-17-15-22(2)16-18-25)21-27(32-3)28(33-4)29(34)26(20-31)23-12-7-6-8-13-23/h6-8,12-13,15-18,21,24,26H,5,9-11,14,19H2,1-4H3. The number of hydrogen-bond acceptors (Lipinski definition) is 3. The summed E-state index contributed by atoms with van der Waals surface area (Å²) in [6, 6.07) is 21.5. The lowest BCUT2D eigenvalue weighted by molar-refractivity contribution is 0.220. The van der Waals surface area contributed by atoms with Crippen LogP contribution in [0.4, 0.5) is 0 Å². The first kappa shape index (κ1) is 26.4. The fraction of sp³-hybridized carbons (Fsp3) is 0.414. The number of unbranched alkanes of at least 4 members (excludes halogenated alkanes) is 1. The second-order valence-corrected chi connectivity index (χ2v) is 13.2. The van der Waals surface area contributed by atoms with Crippen molar-refractivity contribution in [2.45, 2.75) is 61.6 Å². The maximum Gasteiger partial charge on any atom is 0.171 e. The van der Waals surface area contributed by atoms with Crippen molar-refractivity contribution in [2.24, 2.45) is 0 Å². The molecule has 34 heavy (non-hydrogen) atoms. The van der Waals surface area contributed by atoms with Crippen LogP contribution in [-0.4, -0.2) is 24.8 Å². The molecule has 0 aromatic heterocycles. The van der Waals surface area contributed by atoms with Crippen molar-refractivity contribution in [3.63, 3.8) is 0 Å². The number of aryl methyl sites for hydroxylation is 1. The molecule has 1 aliphatic rings. The third-order valence-electron chi connectivity index (χ3n) is 6.37. The molecule has 0 fully saturated rings. The van der Waals surface area contributed by atoms with Gasteiger partial charge in [-0.2, -0.15) is 15.3 Å². The summed E-state index contributed by atoms with van der Waals surface area (Å²) in [5.74, 6) is 2.04. The SMILES string of the molecule is CCCC(Br)CCCCS1(c2ccc(C)cc2)C=C(OC)C(OC)=C1C(C#N)c1ccccc1. The van der Waals surface area contributed by atoms with Crippen LogP contribution >= 0.6 is 26.0 Å². The summed E-state index contributed by atoms with van der Waals surface area (Å²) in [5.41, 5.74) is 2.22. The van der Waals surface area contributed by atoms with E-state index in [9.17, 15) is 5.26 Å². The van der Waals surface area contributed by atoms with Crippen molar-refractivity contribution in [1.29, 1.82) is 5.26 Å². The number of methoxy groups -OCH3 is 2. The van der Waals surface area contributed by atoms with Crippen molar-refractivity contribution in [2.75, 3.05) is 20.0 Å². The Hall–Kier alpha value is -2.16. The molecule has 2 aromatic carbocycles. The zero-order valence-corrected chi connectivity index (χ0v) is 23.1. The number of rotatable bonds is 12. The summed E-state index contributed by atoms with van der Waals surface area (Å²) < 4.78 is 11.8. The summed E-state index contributed by atoms with van der Waals surface area (Å²) in [7, 11) is 1.72. The van der Waals surface area contributed by atoms with Crippen LogP contribution in [0.5, 0.6) is 0 Å². The van der Waals surface area contributed by atoms with Gasteiger partial charge in [0.15, 0.2) is 11.5 Å². The highest BCUT2D eigenvalue weighted by Crippen LogP contribution is 2.72. The van der Waals surface area contributed by atoms with E-state index in [0.29, 0.717) is 4.83 Å². The lowest BCUT2D eigenvalue weighted by Gasteiger charge is -2.39. The van der Waals surface area contributed by atoms with Gasteiger partial charge in [0, 0.05) is 15.1 Å². The van der Waals surface area contributed by atoms with Crippen molar-refractivity contribution < 1.29 is 9.47 Å². The van der Waals surface area contributed by atoms with E-state index in [1.807, 2.05) is 30.3 Å². The Morgan fingerprint density at radius 1 is 0.971 bits per heavy atom. The van der Waals surface area contributed by atoms with Gasteiger partial charge in [-0.1, -0.05) is 83.7 Å². The fourth-order valence-corrected chi connectivity index (χ4v) is 9.46. The van der Waals surface area contributed by atoms with Crippen LogP contribution in [0.15, 0.2) is 81.3 Å². The molecule has 2 aromatic rings. The van der Waals surface area contributed by atoms with Gasteiger partial charge in [-0.25, -0.2) is 0 Å². The highest BCUT2D eigenvalue weighted by atomic mass is 79.9. The molecule has 3 rings (SSSR count). The van der Waals surface area contributed by atoms with Gasteiger partial charge in [-0.15, -0.1) is 0 Å². The van der Waals surface area contributed by atoms with E-state index in [0.717, 1.165) is 47.0 Å². The predicted octanol–water partition coefficient (Wildman–Crippen LogP) is 8.56. The zero-order chi connectivity index (χ0) is 24.6. The molecule has 0 saturated carbocycles. The van der Waals surface area contributed by atoms with Crippen LogP contribution in [0, 0.1) is 18.3 Å². The molecule has 1 aliphatic heterocycles. The number of nitrogens with zero attached hydrogens (tertiary/aromatic N) is 1. The minimum absolute atomic E-state index is 0.402. The smallest absolute Gasteiger partial charge is 0.171 e. The molecule has 182 valence electrons. The van der Waals surface area contributed by atoms with Crippen LogP contribution in [0.2, 0.25) is 0 Å². The van der Waals surface area contributed by atoms with Crippen LogP contribution in [0.3, 0.4) is 0 Å². The second-order valence-electron chi connectivity index (χ2n) is 8.75. The number of benzene rings is 2. The first-order valence-electron chi connectivity index (χ1n) is 12.0. The van der Waals surface area contributed by atoms with Gasteiger partial charge in [0.1, 0.15) is 5.92 Å². The minimum atomic E-state index is -1.66. The monoisotopic (exact) mass is 541 g/mol. The van der Waals surface area contributed by atoms with Gasteiger partial charge < -0.3 is 9.47 Å². The van der Waals surface area contributed by atoms with E-state index >= 15 is 0 Å². The molecule has 0 saturated heterocycles. The number of alkyl halides is 1. The number of hydrogen-bond donors (Lipinski definition) is 0. The van der Waals surface area contributed by atoms with Crippen molar-refractivity contribution in [3.8, 4) is 6.07 Å². The lowest BCUT2D eigenvalue weighted by Crippen LogP contribution is -2.13. The molecule has 0 spiro atoms. The average molecular weight is 543 g/mol. The van der Waals surface area contributed by atoms with Crippen molar-refractivity contribution in [1.82, 2.24) is 0 Å². The molecule has 1 heterocycles. The van der Waals surface area contributed by atoms with Crippen molar-refractivity contribution in [3.05, 3.63) is 87.6 Å². The topological polar surface area (TPSA) is 42.2 Å². The third-order valence-corrected chi connectivity index (χ3v) is 11.2. The van der Waals surface area contributed by atoms with Crippen LogP contribution in [-0.2, 0) is 9.47 Å². The Morgan fingerprint density at radius 2 is 1.68 bits per heavy atom. The molecule has 3 atom stereocenters. The molecule has 0 bridgehead atoms. The van der Waals surface area contributed by atoms with Crippen LogP contribution < -0.4 is 0 Å². The first-order valence-corrected chi connectivity index (χ1v) is 14.8. The third kappa shape index (κ3) is 5.73. The van der Waals surface area contributed by atoms with E-state index in [1.54, 1.807) is 14.2 Å². The number of ether oxygens (including phenoxy) is 2. The summed E-state index contributed by atoms with van der Waals surface area (Å²) in [6.07, 6.45) is 5.78. The predicted molar refractivity (Wildman–Crippen MR) is 147 cm³/mol. The zero-order valence-electron chi connectivity index (χ0n) is 20.7. The van der Waals surface area contributed by atoms with E-state index in [4.69, 9.17) is 9.47 Å². The van der Waals surface area contributed by atoms with Crippen LogP contribution in [0.1, 0.15) is 56.1 Å². The number of nitriles is 1. The molecule has 0 aliphatic carbocycles. The number of allylic oxidation sites excluding steroid dienone is 1. The Morgan fingerprint density at radius 3 is 2.26 bits per heavy atom. The lowest BCUT2D eigenvalue weighted by atomic mass is 9.99. The molecule has 3 unspecified atom stereocenters. The van der Waals surface area contributed by atoms with E-state index in [1.165, 1.54) is 23.3 Å². The maximum atomic E-state index is 10.4. The van der Waals surface area contributed by atoms with Gasteiger partial charge in [0.25, 0.3) is 0 Å². The van der Waals surface area contributed by atoms with Gasteiger partial charge in [0.2, 0.25) is 0 Å². The summed E-state index contributed by atoms with van der Waals surface area (Å²) in [5, 5.41) is 12.7. The Balaban J connectivity index is 2.10. The Kier molecular flexibility index (Phi) is 9.74. The summed E-state index contributed by atoms with van der Waals surface area (Å²) in [4.78, 5) is 2.89. The quantitative estimate of drug-likeness (QED) is 0.199. The molecular formula is C29H36BrNO2S. The molecule has 0 N–H and O–H groups in total. The normalized spacial score (nSPS) is 21.2. The second kappa shape index (κ2) is 12.5. The van der Waals surface area contributed by atoms with Gasteiger partial charge in [0.05, 0.1) is 20.3 Å². The average Bonchev–Trinajstić information content (AvgIpc) is 3.18. The Bertz CT molecular complexity index is 1040. The fourth-order valence-electron chi connectivity index (χ4n) is 4.62. The number of halogens is 1. The largest absolute Gasteiger partial charge is 0.492 e. The molecule has 3 nitrogen and oxygen atoms in total. The van der Waals surface area contributed by atoms with Crippen LogP contribution in [0.25, 0.3) is 0 Å². The molecule has 0 radical (unpaired) electrons. The minimum Gasteiger partial charge on any atom is -0.492 e. The molecule has 0 amide bonds. The van der Waals surface area contributed by atoms with Crippen molar-refractivity contribution >= 4 is 26.0 Å². The Labute approximate surface area is 215 Å². The highest BCUT2D eigenvalue weighted by molar-refractivity contribution is 9.09.